The molecular weight excluding hydrogens is 479 g/mol. The minimum Gasteiger partial charge on any atom is -0.469 e. The van der Waals surface area contributed by atoms with Crippen LogP contribution in [-0.4, -0.2) is 31.5 Å². The van der Waals surface area contributed by atoms with Crippen molar-refractivity contribution in [1.82, 2.24) is 16.0 Å². The van der Waals surface area contributed by atoms with Crippen LogP contribution < -0.4 is 16.0 Å². The van der Waals surface area contributed by atoms with Crippen molar-refractivity contribution >= 4 is 35.8 Å². The maximum absolute atomic E-state index is 12.3. The Morgan fingerprint density at radius 1 is 1.14 bits per heavy atom. The van der Waals surface area contributed by atoms with Crippen LogP contribution in [-0.2, 0) is 11.2 Å². The Morgan fingerprint density at radius 3 is 2.48 bits per heavy atom. The van der Waals surface area contributed by atoms with Gasteiger partial charge < -0.3 is 20.4 Å². The van der Waals surface area contributed by atoms with E-state index in [9.17, 15) is 4.79 Å². The molecule has 0 fully saturated rings. The van der Waals surface area contributed by atoms with Crippen molar-refractivity contribution in [2.24, 2.45) is 10.4 Å². The van der Waals surface area contributed by atoms with Crippen LogP contribution in [0, 0.1) is 5.41 Å². The molecule has 0 radical (unpaired) electrons. The van der Waals surface area contributed by atoms with Crippen molar-refractivity contribution in [3.05, 3.63) is 60.1 Å². The van der Waals surface area contributed by atoms with E-state index in [4.69, 9.17) is 4.42 Å². The van der Waals surface area contributed by atoms with Gasteiger partial charge in [0.15, 0.2) is 5.96 Å². The van der Waals surface area contributed by atoms with Gasteiger partial charge in [0.05, 0.1) is 24.3 Å². The van der Waals surface area contributed by atoms with Gasteiger partial charge in [0.2, 0.25) is 5.91 Å². The first-order valence-corrected chi connectivity index (χ1v) is 9.83. The van der Waals surface area contributed by atoms with Gasteiger partial charge in [-0.15, -0.1) is 24.0 Å². The van der Waals surface area contributed by atoms with E-state index < -0.39 is 5.41 Å². The van der Waals surface area contributed by atoms with Crippen LogP contribution in [0.1, 0.15) is 45.1 Å². The van der Waals surface area contributed by atoms with E-state index in [1.165, 1.54) is 5.56 Å². The van der Waals surface area contributed by atoms with Crippen LogP contribution in [0.5, 0.6) is 0 Å². The summed E-state index contributed by atoms with van der Waals surface area (Å²) in [6.45, 7) is 9.50. The molecular formula is C22H33IN4O2. The van der Waals surface area contributed by atoms with E-state index in [-0.39, 0.29) is 35.9 Å². The number of benzene rings is 1. The third kappa shape index (κ3) is 8.47. The van der Waals surface area contributed by atoms with Gasteiger partial charge in [0, 0.05) is 19.5 Å². The lowest BCUT2D eigenvalue weighted by atomic mass is 9.92. The van der Waals surface area contributed by atoms with E-state index >= 15 is 0 Å². The lowest BCUT2D eigenvalue weighted by Crippen LogP contribution is -2.42. The molecule has 1 heterocycles. The zero-order valence-electron chi connectivity index (χ0n) is 17.7. The van der Waals surface area contributed by atoms with Crippen LogP contribution in [0.4, 0.5) is 0 Å². The molecule has 1 aromatic heterocycles. The average molecular weight is 512 g/mol. The number of carbonyl (C=O) groups is 1. The normalized spacial score (nSPS) is 12.6. The second kappa shape index (κ2) is 12.5. The summed E-state index contributed by atoms with van der Waals surface area (Å²) in [5.74, 6) is 1.61. The van der Waals surface area contributed by atoms with Crippen LogP contribution in [0.15, 0.2) is 58.1 Å². The molecule has 0 aliphatic rings. The molecule has 0 bridgehead atoms. The molecule has 2 rings (SSSR count). The van der Waals surface area contributed by atoms with Crippen molar-refractivity contribution in [3.8, 4) is 0 Å². The summed E-state index contributed by atoms with van der Waals surface area (Å²) < 4.78 is 5.39. The molecule has 0 saturated carbocycles. The minimum atomic E-state index is -0.582. The first kappa shape index (κ1) is 25.0. The number of furan rings is 1. The maximum Gasteiger partial charge on any atom is 0.227 e. The number of halogens is 1. The Hall–Kier alpha value is -2.03. The molecule has 0 aliphatic heterocycles. The van der Waals surface area contributed by atoms with E-state index in [1.807, 2.05) is 51.1 Å². The van der Waals surface area contributed by atoms with Gasteiger partial charge in [-0.1, -0.05) is 30.3 Å². The summed E-state index contributed by atoms with van der Waals surface area (Å²) in [7, 11) is 0. The van der Waals surface area contributed by atoms with Gasteiger partial charge in [0.1, 0.15) is 5.76 Å². The second-order valence-corrected chi connectivity index (χ2v) is 7.44. The first-order chi connectivity index (χ1) is 13.4. The SMILES string of the molecule is CCNC(=O)C(C)(C)CN=C(NCCc1ccco1)NC(C)c1ccccc1.I. The molecule has 6 nitrogen and oxygen atoms in total. The highest BCUT2D eigenvalue weighted by atomic mass is 127. The number of carbonyl (C=O) groups excluding carboxylic acids is 1. The standard InChI is InChI=1S/C22H32N4O2.HI/c1-5-23-20(27)22(3,4)16-25-21(24-14-13-19-12-9-15-28-19)26-17(2)18-10-7-6-8-11-18;/h6-12,15,17H,5,13-14,16H2,1-4H3,(H,23,27)(H2,24,25,26);1H. The first-order valence-electron chi connectivity index (χ1n) is 9.83. The Labute approximate surface area is 191 Å². The summed E-state index contributed by atoms with van der Waals surface area (Å²) >= 11 is 0. The number of nitrogens with zero attached hydrogens (tertiary/aromatic N) is 1. The molecule has 1 amide bonds. The fraction of sp³-hybridized carbons (Fsp3) is 0.455. The molecule has 0 aliphatic carbocycles. The summed E-state index contributed by atoms with van der Waals surface area (Å²) in [5, 5.41) is 9.66. The molecule has 3 N–H and O–H groups in total. The van der Waals surface area contributed by atoms with Crippen LogP contribution in [0.25, 0.3) is 0 Å². The van der Waals surface area contributed by atoms with Crippen LogP contribution in [0.3, 0.4) is 0 Å². The highest BCUT2D eigenvalue weighted by Crippen LogP contribution is 2.16. The second-order valence-electron chi connectivity index (χ2n) is 7.44. The van der Waals surface area contributed by atoms with E-state index in [0.29, 0.717) is 25.6 Å². The molecule has 160 valence electrons. The van der Waals surface area contributed by atoms with Gasteiger partial charge in [-0.3, -0.25) is 9.79 Å². The summed E-state index contributed by atoms with van der Waals surface area (Å²) in [6, 6.07) is 14.1. The Balaban J connectivity index is 0.00000420. The third-order valence-corrected chi connectivity index (χ3v) is 4.48. The highest BCUT2D eigenvalue weighted by Gasteiger charge is 2.27. The number of aliphatic imine (C=N–C) groups is 1. The number of amides is 1. The lowest BCUT2D eigenvalue weighted by molar-refractivity contribution is -0.128. The Bertz CT molecular complexity index is 745. The summed E-state index contributed by atoms with van der Waals surface area (Å²) in [5.41, 5.74) is 0.591. The molecule has 7 heteroatoms. The highest BCUT2D eigenvalue weighted by molar-refractivity contribution is 14.0. The van der Waals surface area contributed by atoms with Gasteiger partial charge in [-0.2, -0.15) is 0 Å². The third-order valence-electron chi connectivity index (χ3n) is 4.48. The maximum atomic E-state index is 12.3. The molecule has 1 atom stereocenters. The number of hydrogen-bond acceptors (Lipinski definition) is 3. The fourth-order valence-electron chi connectivity index (χ4n) is 2.69. The fourth-order valence-corrected chi connectivity index (χ4v) is 2.69. The largest absolute Gasteiger partial charge is 0.469 e. The van der Waals surface area contributed by atoms with Crippen LogP contribution in [0.2, 0.25) is 0 Å². The molecule has 0 spiro atoms. The van der Waals surface area contributed by atoms with Gasteiger partial charge in [0.25, 0.3) is 0 Å². The van der Waals surface area contributed by atoms with Gasteiger partial charge >= 0.3 is 0 Å². The topological polar surface area (TPSA) is 78.7 Å². The van der Waals surface area contributed by atoms with Crippen molar-refractivity contribution < 1.29 is 9.21 Å². The number of guanidine groups is 1. The number of nitrogens with one attached hydrogen (secondary N) is 3. The zero-order valence-corrected chi connectivity index (χ0v) is 20.0. The van der Waals surface area contributed by atoms with Crippen molar-refractivity contribution in [2.75, 3.05) is 19.6 Å². The van der Waals surface area contributed by atoms with Crippen molar-refractivity contribution in [3.63, 3.8) is 0 Å². The average Bonchev–Trinajstić information content (AvgIpc) is 3.20. The van der Waals surface area contributed by atoms with Crippen molar-refractivity contribution in [1.29, 1.82) is 0 Å². The van der Waals surface area contributed by atoms with E-state index in [2.05, 4.69) is 40.0 Å². The molecule has 1 unspecified atom stereocenters. The quantitative estimate of drug-likeness (QED) is 0.271. The predicted molar refractivity (Wildman–Crippen MR) is 129 cm³/mol. The number of rotatable bonds is 9. The smallest absolute Gasteiger partial charge is 0.227 e. The predicted octanol–water partition coefficient (Wildman–Crippen LogP) is 3.90. The molecule has 29 heavy (non-hydrogen) atoms. The van der Waals surface area contributed by atoms with E-state index in [0.717, 1.165) is 12.2 Å². The molecule has 1 aromatic carbocycles. The minimum absolute atomic E-state index is 0. The van der Waals surface area contributed by atoms with E-state index in [1.54, 1.807) is 6.26 Å². The molecule has 2 aromatic rings. The van der Waals surface area contributed by atoms with Crippen LogP contribution >= 0.6 is 24.0 Å². The monoisotopic (exact) mass is 512 g/mol. The van der Waals surface area contributed by atoms with Gasteiger partial charge in [-0.25, -0.2) is 0 Å². The Morgan fingerprint density at radius 2 is 1.86 bits per heavy atom. The van der Waals surface area contributed by atoms with Gasteiger partial charge in [-0.05, 0) is 45.4 Å². The zero-order chi connectivity index (χ0) is 20.4. The molecule has 0 saturated heterocycles. The number of hydrogen-bond donors (Lipinski definition) is 3. The Kier molecular flexibility index (Phi) is 10.8. The van der Waals surface area contributed by atoms with Crippen molar-refractivity contribution in [2.45, 2.75) is 40.2 Å². The summed E-state index contributed by atoms with van der Waals surface area (Å²) in [4.78, 5) is 16.9. The lowest BCUT2D eigenvalue weighted by Gasteiger charge is -2.23. The summed E-state index contributed by atoms with van der Waals surface area (Å²) in [6.07, 6.45) is 2.43.